The Bertz CT molecular complexity index is 538. The Balaban J connectivity index is 2.90. The Kier molecular flexibility index (Phi) is 7.27. The standard InChI is InChI=1S/C16H21BrN2O2/c1-5-7-19-16(20)12(4)21-15-11(3)8-14(17)9-13(15)10-18-6-2/h1,8-9,12,18H,6-7,10H2,2-4H3,(H,19,20). The Morgan fingerprint density at radius 2 is 2.24 bits per heavy atom. The van der Waals surface area contributed by atoms with Gasteiger partial charge in [-0.3, -0.25) is 4.79 Å². The molecule has 0 aliphatic heterocycles. The number of hydrogen-bond acceptors (Lipinski definition) is 3. The Labute approximate surface area is 134 Å². The van der Waals surface area contributed by atoms with Gasteiger partial charge in [-0.2, -0.15) is 0 Å². The van der Waals surface area contributed by atoms with Crippen LogP contribution in [-0.2, 0) is 11.3 Å². The van der Waals surface area contributed by atoms with Crippen LogP contribution < -0.4 is 15.4 Å². The van der Waals surface area contributed by atoms with E-state index in [2.05, 4.69) is 32.5 Å². The maximum absolute atomic E-state index is 11.9. The summed E-state index contributed by atoms with van der Waals surface area (Å²) in [4.78, 5) is 11.9. The number of ether oxygens (including phenoxy) is 1. The SMILES string of the molecule is C#CCNC(=O)C(C)Oc1c(C)cc(Br)cc1CNCC. The first-order valence-electron chi connectivity index (χ1n) is 6.87. The van der Waals surface area contributed by atoms with Gasteiger partial charge in [-0.05, 0) is 38.1 Å². The molecule has 1 amide bonds. The van der Waals surface area contributed by atoms with Crippen LogP contribution in [0.15, 0.2) is 16.6 Å². The Morgan fingerprint density at radius 3 is 2.86 bits per heavy atom. The molecule has 0 bridgehead atoms. The summed E-state index contributed by atoms with van der Waals surface area (Å²) in [6.07, 6.45) is 4.53. The predicted molar refractivity (Wildman–Crippen MR) is 88.2 cm³/mol. The lowest BCUT2D eigenvalue weighted by Gasteiger charge is -2.19. The highest BCUT2D eigenvalue weighted by molar-refractivity contribution is 9.10. The van der Waals surface area contributed by atoms with Gasteiger partial charge in [-0.1, -0.05) is 28.8 Å². The van der Waals surface area contributed by atoms with Crippen molar-refractivity contribution < 1.29 is 9.53 Å². The second-order valence-corrected chi connectivity index (χ2v) is 5.59. The average molecular weight is 353 g/mol. The molecular formula is C16H21BrN2O2. The average Bonchev–Trinajstić information content (AvgIpc) is 2.45. The number of carbonyl (C=O) groups excluding carboxylic acids is 1. The molecule has 4 nitrogen and oxygen atoms in total. The van der Waals surface area contributed by atoms with E-state index in [1.165, 1.54) is 0 Å². The van der Waals surface area contributed by atoms with Gasteiger partial charge in [0.2, 0.25) is 0 Å². The van der Waals surface area contributed by atoms with Crippen LogP contribution in [0.2, 0.25) is 0 Å². The first-order chi connectivity index (χ1) is 9.99. The number of hydrogen-bond donors (Lipinski definition) is 2. The highest BCUT2D eigenvalue weighted by atomic mass is 79.9. The zero-order chi connectivity index (χ0) is 15.8. The fourth-order valence-corrected chi connectivity index (χ4v) is 2.49. The monoisotopic (exact) mass is 352 g/mol. The Morgan fingerprint density at radius 1 is 1.52 bits per heavy atom. The largest absolute Gasteiger partial charge is 0.480 e. The minimum Gasteiger partial charge on any atom is -0.480 e. The highest BCUT2D eigenvalue weighted by Gasteiger charge is 2.17. The number of terminal acetylenes is 1. The van der Waals surface area contributed by atoms with Crippen molar-refractivity contribution >= 4 is 21.8 Å². The molecule has 0 saturated carbocycles. The van der Waals surface area contributed by atoms with E-state index in [9.17, 15) is 4.79 Å². The third-order valence-corrected chi connectivity index (χ3v) is 3.37. The zero-order valence-electron chi connectivity index (χ0n) is 12.6. The van der Waals surface area contributed by atoms with Crippen molar-refractivity contribution in [2.45, 2.75) is 33.4 Å². The van der Waals surface area contributed by atoms with E-state index in [0.717, 1.165) is 27.9 Å². The lowest BCUT2D eigenvalue weighted by atomic mass is 10.1. The molecule has 5 heteroatoms. The summed E-state index contributed by atoms with van der Waals surface area (Å²) >= 11 is 3.48. The fraction of sp³-hybridized carbons (Fsp3) is 0.438. The molecule has 0 spiro atoms. The van der Waals surface area contributed by atoms with Gasteiger partial charge in [0.05, 0.1) is 6.54 Å². The Hall–Kier alpha value is -1.51. The van der Waals surface area contributed by atoms with Crippen LogP contribution in [0.5, 0.6) is 5.75 Å². The number of aryl methyl sites for hydroxylation is 1. The van der Waals surface area contributed by atoms with Gasteiger partial charge in [-0.25, -0.2) is 0 Å². The fourth-order valence-electron chi connectivity index (χ4n) is 1.87. The van der Waals surface area contributed by atoms with Gasteiger partial charge in [-0.15, -0.1) is 6.42 Å². The van der Waals surface area contributed by atoms with Crippen LogP contribution in [-0.4, -0.2) is 25.1 Å². The van der Waals surface area contributed by atoms with Gasteiger partial charge in [0.25, 0.3) is 5.91 Å². The molecule has 0 heterocycles. The van der Waals surface area contributed by atoms with Crippen molar-refractivity contribution in [3.63, 3.8) is 0 Å². The molecular weight excluding hydrogens is 332 g/mol. The summed E-state index contributed by atoms with van der Waals surface area (Å²) in [5.41, 5.74) is 1.99. The second kappa shape index (κ2) is 8.71. The summed E-state index contributed by atoms with van der Waals surface area (Å²) in [6.45, 7) is 7.47. The number of amides is 1. The van der Waals surface area contributed by atoms with Crippen LogP contribution in [0.1, 0.15) is 25.0 Å². The first kappa shape index (κ1) is 17.5. The maximum atomic E-state index is 11.9. The first-order valence-corrected chi connectivity index (χ1v) is 7.66. The number of benzene rings is 1. The number of halogens is 1. The summed E-state index contributed by atoms with van der Waals surface area (Å²) in [6, 6.07) is 3.97. The summed E-state index contributed by atoms with van der Waals surface area (Å²) in [5.74, 6) is 2.89. The lowest BCUT2D eigenvalue weighted by molar-refractivity contribution is -0.127. The van der Waals surface area contributed by atoms with Crippen LogP contribution in [0.25, 0.3) is 0 Å². The van der Waals surface area contributed by atoms with Gasteiger partial charge in [0.15, 0.2) is 6.10 Å². The molecule has 0 radical (unpaired) electrons. The molecule has 1 rings (SSSR count). The third-order valence-electron chi connectivity index (χ3n) is 2.91. The molecule has 0 aliphatic rings. The van der Waals surface area contributed by atoms with Crippen LogP contribution in [0.4, 0.5) is 0 Å². The quantitative estimate of drug-likeness (QED) is 0.740. The van der Waals surface area contributed by atoms with Crippen LogP contribution in [0.3, 0.4) is 0 Å². The molecule has 1 aromatic carbocycles. The van der Waals surface area contributed by atoms with Crippen molar-refractivity contribution in [2.24, 2.45) is 0 Å². The molecule has 1 atom stereocenters. The van der Waals surface area contributed by atoms with Crippen LogP contribution in [0, 0.1) is 19.3 Å². The van der Waals surface area contributed by atoms with E-state index in [0.29, 0.717) is 6.54 Å². The molecule has 0 aromatic heterocycles. The van der Waals surface area contributed by atoms with Crippen molar-refractivity contribution in [3.8, 4) is 18.1 Å². The minimum absolute atomic E-state index is 0.204. The molecule has 1 unspecified atom stereocenters. The normalized spacial score (nSPS) is 11.6. The molecule has 0 aliphatic carbocycles. The topological polar surface area (TPSA) is 50.4 Å². The van der Waals surface area contributed by atoms with Gasteiger partial charge in [0, 0.05) is 16.6 Å². The maximum Gasteiger partial charge on any atom is 0.261 e. The second-order valence-electron chi connectivity index (χ2n) is 4.67. The molecule has 1 aromatic rings. The van der Waals surface area contributed by atoms with E-state index in [1.54, 1.807) is 6.92 Å². The number of carbonyl (C=O) groups is 1. The van der Waals surface area contributed by atoms with E-state index >= 15 is 0 Å². The van der Waals surface area contributed by atoms with Crippen molar-refractivity contribution in [1.29, 1.82) is 0 Å². The van der Waals surface area contributed by atoms with Gasteiger partial charge < -0.3 is 15.4 Å². The van der Waals surface area contributed by atoms with Gasteiger partial charge in [0.1, 0.15) is 5.75 Å². The van der Waals surface area contributed by atoms with E-state index < -0.39 is 6.10 Å². The van der Waals surface area contributed by atoms with E-state index in [-0.39, 0.29) is 12.5 Å². The number of rotatable bonds is 7. The van der Waals surface area contributed by atoms with Gasteiger partial charge >= 0.3 is 0 Å². The molecule has 21 heavy (non-hydrogen) atoms. The lowest BCUT2D eigenvalue weighted by Crippen LogP contribution is -2.36. The van der Waals surface area contributed by atoms with E-state index in [1.807, 2.05) is 26.0 Å². The summed E-state index contributed by atoms with van der Waals surface area (Å²) in [5, 5.41) is 5.89. The molecule has 0 saturated heterocycles. The van der Waals surface area contributed by atoms with E-state index in [4.69, 9.17) is 11.2 Å². The minimum atomic E-state index is -0.599. The molecule has 114 valence electrons. The van der Waals surface area contributed by atoms with Crippen molar-refractivity contribution in [3.05, 3.63) is 27.7 Å². The van der Waals surface area contributed by atoms with Crippen LogP contribution >= 0.6 is 15.9 Å². The summed E-state index contributed by atoms with van der Waals surface area (Å²) < 4.78 is 6.84. The third kappa shape index (κ3) is 5.41. The van der Waals surface area contributed by atoms with Crippen molar-refractivity contribution in [1.82, 2.24) is 10.6 Å². The smallest absolute Gasteiger partial charge is 0.261 e. The molecule has 2 N–H and O–H groups in total. The predicted octanol–water partition coefficient (Wildman–Crippen LogP) is 2.38. The zero-order valence-corrected chi connectivity index (χ0v) is 14.2. The number of nitrogens with one attached hydrogen (secondary N) is 2. The highest BCUT2D eigenvalue weighted by Crippen LogP contribution is 2.29. The van der Waals surface area contributed by atoms with Crippen molar-refractivity contribution in [2.75, 3.05) is 13.1 Å². The molecule has 0 fully saturated rings. The summed E-state index contributed by atoms with van der Waals surface area (Å²) in [7, 11) is 0.